The van der Waals surface area contributed by atoms with Gasteiger partial charge in [0.1, 0.15) is 12.4 Å². The largest absolute Gasteiger partial charge is 0.405 e. The van der Waals surface area contributed by atoms with Crippen molar-refractivity contribution < 1.29 is 22.7 Å². The Hall–Kier alpha value is -1.30. The average molecular weight is 277 g/mol. The van der Waals surface area contributed by atoms with Gasteiger partial charge in [0.05, 0.1) is 11.8 Å². The van der Waals surface area contributed by atoms with Crippen molar-refractivity contribution in [2.24, 2.45) is 0 Å². The summed E-state index contributed by atoms with van der Waals surface area (Å²) in [5.41, 5.74) is 0.299. The van der Waals surface area contributed by atoms with E-state index in [0.29, 0.717) is 18.4 Å². The molecule has 1 aliphatic carbocycles. The molecule has 19 heavy (non-hydrogen) atoms. The highest BCUT2D eigenvalue weighted by Gasteiger charge is 2.39. The highest BCUT2D eigenvalue weighted by Crippen LogP contribution is 2.36. The molecule has 1 aliphatic rings. The van der Waals surface area contributed by atoms with Crippen LogP contribution in [0, 0.1) is 5.82 Å². The summed E-state index contributed by atoms with van der Waals surface area (Å²) in [5, 5.41) is 9.33. The molecule has 2 rings (SSSR count). The summed E-state index contributed by atoms with van der Waals surface area (Å²) in [4.78, 5) is 1.06. The number of rotatable bonds is 4. The zero-order valence-corrected chi connectivity index (χ0v) is 10.4. The molecule has 1 aromatic rings. The van der Waals surface area contributed by atoms with Crippen LogP contribution in [0.15, 0.2) is 18.2 Å². The van der Waals surface area contributed by atoms with Gasteiger partial charge in [-0.3, -0.25) is 0 Å². The maximum absolute atomic E-state index is 13.9. The molecule has 0 unspecified atom stereocenters. The summed E-state index contributed by atoms with van der Waals surface area (Å²) in [6.45, 7) is 0.325. The Morgan fingerprint density at radius 2 is 2.00 bits per heavy atom. The van der Waals surface area contributed by atoms with Gasteiger partial charge in [0.2, 0.25) is 0 Å². The Morgan fingerprint density at radius 3 is 2.42 bits per heavy atom. The predicted molar refractivity (Wildman–Crippen MR) is 63.5 cm³/mol. The molecule has 6 heteroatoms. The highest BCUT2D eigenvalue weighted by molar-refractivity contribution is 5.51. The van der Waals surface area contributed by atoms with Crippen LogP contribution in [-0.4, -0.2) is 23.9 Å². The van der Waals surface area contributed by atoms with E-state index in [1.165, 1.54) is 19.1 Å². The number of benzene rings is 1. The van der Waals surface area contributed by atoms with Crippen LogP contribution in [0.1, 0.15) is 31.4 Å². The average Bonchev–Trinajstić information content (AvgIpc) is 3.08. The van der Waals surface area contributed by atoms with E-state index in [1.807, 2.05) is 0 Å². The lowest BCUT2D eigenvalue weighted by molar-refractivity contribution is -0.120. The first-order chi connectivity index (χ1) is 8.78. The van der Waals surface area contributed by atoms with Gasteiger partial charge in [-0.1, -0.05) is 6.07 Å². The van der Waals surface area contributed by atoms with E-state index in [2.05, 4.69) is 0 Å². The number of aliphatic hydroxyl groups excluding tert-OH is 1. The molecule has 1 aromatic carbocycles. The minimum atomic E-state index is -4.36. The Balaban J connectivity index is 2.27. The molecule has 0 aromatic heterocycles. The normalized spacial score (nSPS) is 17.4. The molecule has 1 saturated carbocycles. The van der Waals surface area contributed by atoms with Crippen LogP contribution in [0.5, 0.6) is 0 Å². The van der Waals surface area contributed by atoms with Gasteiger partial charge in [0.15, 0.2) is 0 Å². The zero-order valence-electron chi connectivity index (χ0n) is 10.4. The Labute approximate surface area is 108 Å². The van der Waals surface area contributed by atoms with Crippen molar-refractivity contribution >= 4 is 5.69 Å². The third kappa shape index (κ3) is 3.59. The third-order valence-corrected chi connectivity index (χ3v) is 3.10. The van der Waals surface area contributed by atoms with Crippen molar-refractivity contribution in [3.05, 3.63) is 29.6 Å². The summed E-state index contributed by atoms with van der Waals surface area (Å²) in [6.07, 6.45) is -3.92. The standard InChI is InChI=1S/C13H15F4NO/c1-8(19)9-2-5-12(11(14)6-9)18(10-3-4-10)7-13(15,16)17/h2,5-6,8,10,19H,3-4,7H2,1H3/t8-/m1/s1. The van der Waals surface area contributed by atoms with E-state index < -0.39 is 24.6 Å². The Kier molecular flexibility index (Phi) is 3.71. The molecule has 1 N–H and O–H groups in total. The van der Waals surface area contributed by atoms with Crippen LogP contribution in [0.3, 0.4) is 0 Å². The Morgan fingerprint density at radius 1 is 1.37 bits per heavy atom. The van der Waals surface area contributed by atoms with Crippen LogP contribution in [0.25, 0.3) is 0 Å². The van der Waals surface area contributed by atoms with Gasteiger partial charge >= 0.3 is 6.18 Å². The molecule has 1 atom stereocenters. The molecule has 0 saturated heterocycles. The lowest BCUT2D eigenvalue weighted by atomic mass is 10.1. The van der Waals surface area contributed by atoms with Crippen molar-refractivity contribution in [2.45, 2.75) is 38.1 Å². The van der Waals surface area contributed by atoms with E-state index in [-0.39, 0.29) is 11.7 Å². The van der Waals surface area contributed by atoms with E-state index in [9.17, 15) is 22.7 Å². The first kappa shape index (κ1) is 14.1. The third-order valence-electron chi connectivity index (χ3n) is 3.10. The Bertz CT molecular complexity index is 454. The van der Waals surface area contributed by atoms with Crippen LogP contribution in [-0.2, 0) is 0 Å². The van der Waals surface area contributed by atoms with Gasteiger partial charge in [-0.25, -0.2) is 4.39 Å². The first-order valence-electron chi connectivity index (χ1n) is 6.09. The molecular formula is C13H15F4NO. The van der Waals surface area contributed by atoms with E-state index in [0.717, 1.165) is 11.0 Å². The molecule has 0 aliphatic heterocycles. The zero-order chi connectivity index (χ0) is 14.2. The fourth-order valence-corrected chi connectivity index (χ4v) is 2.01. The highest BCUT2D eigenvalue weighted by atomic mass is 19.4. The molecule has 2 nitrogen and oxygen atoms in total. The second-order valence-corrected chi connectivity index (χ2v) is 4.86. The summed E-state index contributed by atoms with van der Waals surface area (Å²) >= 11 is 0. The van der Waals surface area contributed by atoms with Crippen LogP contribution in [0.4, 0.5) is 23.2 Å². The molecule has 0 amide bonds. The van der Waals surface area contributed by atoms with Crippen molar-refractivity contribution in [1.82, 2.24) is 0 Å². The number of hydrogen-bond acceptors (Lipinski definition) is 2. The summed E-state index contributed by atoms with van der Waals surface area (Å²) in [6, 6.07) is 3.61. The smallest absolute Gasteiger partial charge is 0.389 e. The monoisotopic (exact) mass is 277 g/mol. The second kappa shape index (κ2) is 5.00. The molecular weight excluding hydrogens is 262 g/mol. The van der Waals surface area contributed by atoms with Gasteiger partial charge in [-0.05, 0) is 37.5 Å². The molecule has 0 heterocycles. The molecule has 0 radical (unpaired) electrons. The summed E-state index contributed by atoms with van der Waals surface area (Å²) < 4.78 is 51.4. The van der Waals surface area contributed by atoms with Crippen molar-refractivity contribution in [3.63, 3.8) is 0 Å². The minimum absolute atomic E-state index is 0.0516. The number of halogens is 4. The van der Waals surface area contributed by atoms with Gasteiger partial charge in [0.25, 0.3) is 0 Å². The molecule has 1 fully saturated rings. The fourth-order valence-electron chi connectivity index (χ4n) is 2.01. The van der Waals surface area contributed by atoms with Gasteiger partial charge in [-0.15, -0.1) is 0 Å². The molecule has 0 spiro atoms. The maximum atomic E-state index is 13.9. The molecule has 0 bridgehead atoms. The number of anilines is 1. The number of nitrogens with zero attached hydrogens (tertiary/aromatic N) is 1. The SMILES string of the molecule is C[C@@H](O)c1ccc(N(CC(F)(F)F)C2CC2)c(F)c1. The van der Waals surface area contributed by atoms with Crippen LogP contribution < -0.4 is 4.90 Å². The second-order valence-electron chi connectivity index (χ2n) is 4.86. The predicted octanol–water partition coefficient (Wildman–Crippen LogP) is 3.41. The number of aliphatic hydroxyl groups is 1. The topological polar surface area (TPSA) is 23.5 Å². The van der Waals surface area contributed by atoms with Gasteiger partial charge in [-0.2, -0.15) is 13.2 Å². The van der Waals surface area contributed by atoms with Crippen molar-refractivity contribution in [2.75, 3.05) is 11.4 Å². The maximum Gasteiger partial charge on any atom is 0.405 e. The van der Waals surface area contributed by atoms with E-state index >= 15 is 0 Å². The number of hydrogen-bond donors (Lipinski definition) is 1. The number of alkyl halides is 3. The van der Waals surface area contributed by atoms with Gasteiger partial charge in [0, 0.05) is 6.04 Å². The summed E-state index contributed by atoms with van der Waals surface area (Å²) in [5.74, 6) is -0.727. The fraction of sp³-hybridized carbons (Fsp3) is 0.538. The quantitative estimate of drug-likeness (QED) is 0.852. The summed E-state index contributed by atoms with van der Waals surface area (Å²) in [7, 11) is 0. The molecule has 106 valence electrons. The lowest BCUT2D eigenvalue weighted by Crippen LogP contribution is -2.36. The van der Waals surface area contributed by atoms with Crippen LogP contribution >= 0.6 is 0 Å². The van der Waals surface area contributed by atoms with E-state index in [1.54, 1.807) is 0 Å². The first-order valence-corrected chi connectivity index (χ1v) is 6.09. The minimum Gasteiger partial charge on any atom is -0.389 e. The van der Waals surface area contributed by atoms with Gasteiger partial charge < -0.3 is 10.0 Å². The van der Waals surface area contributed by atoms with E-state index in [4.69, 9.17) is 0 Å². The lowest BCUT2D eigenvalue weighted by Gasteiger charge is -2.26. The van der Waals surface area contributed by atoms with Crippen LogP contribution in [0.2, 0.25) is 0 Å². The van der Waals surface area contributed by atoms with Crippen molar-refractivity contribution in [3.8, 4) is 0 Å². The van der Waals surface area contributed by atoms with Crippen molar-refractivity contribution in [1.29, 1.82) is 0 Å².